The van der Waals surface area contributed by atoms with Crippen molar-refractivity contribution in [1.82, 2.24) is 10.3 Å². The molecule has 3 rings (SSSR count). The van der Waals surface area contributed by atoms with Gasteiger partial charge in [-0.3, -0.25) is 4.79 Å². The number of aliphatic carboxylic acids is 1. The van der Waals surface area contributed by atoms with Crippen LogP contribution in [0.1, 0.15) is 18.0 Å². The summed E-state index contributed by atoms with van der Waals surface area (Å²) in [7, 11) is 0. The largest absolute Gasteiger partial charge is 0.481 e. The van der Waals surface area contributed by atoms with E-state index in [0.29, 0.717) is 13.0 Å². The van der Waals surface area contributed by atoms with E-state index in [1.54, 1.807) is 0 Å². The summed E-state index contributed by atoms with van der Waals surface area (Å²) in [5.41, 5.74) is 2.27. The Morgan fingerprint density at radius 1 is 1.35 bits per heavy atom. The molecule has 0 amide bonds. The molecule has 17 heavy (non-hydrogen) atoms. The number of nitrogens with one attached hydrogen (secondary N) is 2. The Bertz CT molecular complexity index is 561. The quantitative estimate of drug-likeness (QED) is 0.738. The number of aromatic nitrogens is 1. The molecule has 1 aromatic carbocycles. The number of benzene rings is 1. The first-order valence-electron chi connectivity index (χ1n) is 5.78. The fourth-order valence-electron chi connectivity index (χ4n) is 2.56. The first-order valence-corrected chi connectivity index (χ1v) is 5.78. The van der Waals surface area contributed by atoms with Crippen LogP contribution in [0.3, 0.4) is 0 Å². The number of rotatable bonds is 2. The van der Waals surface area contributed by atoms with Crippen molar-refractivity contribution in [3.63, 3.8) is 0 Å². The Morgan fingerprint density at radius 2 is 2.24 bits per heavy atom. The average Bonchev–Trinajstić information content (AvgIpc) is 2.97. The van der Waals surface area contributed by atoms with Gasteiger partial charge in [0, 0.05) is 18.8 Å². The van der Waals surface area contributed by atoms with E-state index in [9.17, 15) is 4.79 Å². The fraction of sp³-hybridized carbons (Fsp3) is 0.308. The maximum absolute atomic E-state index is 10.9. The van der Waals surface area contributed by atoms with E-state index in [4.69, 9.17) is 5.11 Å². The number of aromatic amines is 1. The summed E-state index contributed by atoms with van der Waals surface area (Å²) >= 11 is 0. The summed E-state index contributed by atoms with van der Waals surface area (Å²) in [5, 5.41) is 13.5. The summed E-state index contributed by atoms with van der Waals surface area (Å²) in [4.78, 5) is 14.2. The van der Waals surface area contributed by atoms with Gasteiger partial charge in [-0.15, -0.1) is 0 Å². The van der Waals surface area contributed by atoms with Crippen molar-refractivity contribution in [1.29, 1.82) is 0 Å². The van der Waals surface area contributed by atoms with Crippen LogP contribution in [-0.2, 0) is 4.79 Å². The van der Waals surface area contributed by atoms with Gasteiger partial charge in [0.15, 0.2) is 0 Å². The minimum atomic E-state index is -0.710. The van der Waals surface area contributed by atoms with Gasteiger partial charge in [0.1, 0.15) is 0 Å². The van der Waals surface area contributed by atoms with Crippen LogP contribution in [0.5, 0.6) is 0 Å². The fourth-order valence-corrected chi connectivity index (χ4v) is 2.56. The second kappa shape index (κ2) is 3.89. The van der Waals surface area contributed by atoms with Gasteiger partial charge in [-0.2, -0.15) is 0 Å². The van der Waals surface area contributed by atoms with E-state index in [-0.39, 0.29) is 12.0 Å². The van der Waals surface area contributed by atoms with Gasteiger partial charge in [0.25, 0.3) is 0 Å². The zero-order valence-electron chi connectivity index (χ0n) is 9.31. The zero-order chi connectivity index (χ0) is 11.8. The number of H-pyrrole nitrogens is 1. The highest BCUT2D eigenvalue weighted by atomic mass is 16.4. The average molecular weight is 230 g/mol. The van der Waals surface area contributed by atoms with Crippen molar-refractivity contribution in [2.75, 3.05) is 6.54 Å². The van der Waals surface area contributed by atoms with E-state index in [0.717, 1.165) is 11.1 Å². The molecule has 1 aliphatic heterocycles. The number of fused-ring (bicyclic) bond motifs is 1. The summed E-state index contributed by atoms with van der Waals surface area (Å²) in [6, 6.07) is 8.29. The Hall–Kier alpha value is -1.81. The van der Waals surface area contributed by atoms with Gasteiger partial charge in [0.05, 0.1) is 11.4 Å². The van der Waals surface area contributed by atoms with Crippen LogP contribution in [0.15, 0.2) is 30.5 Å². The second-order valence-corrected chi connectivity index (χ2v) is 4.52. The number of para-hydroxylation sites is 1. The molecule has 1 saturated heterocycles. The third-order valence-corrected chi connectivity index (χ3v) is 3.48. The molecule has 0 radical (unpaired) electrons. The molecule has 0 aliphatic carbocycles. The first kappa shape index (κ1) is 10.4. The lowest BCUT2D eigenvalue weighted by atomic mass is 9.98. The highest BCUT2D eigenvalue weighted by Crippen LogP contribution is 2.31. The van der Waals surface area contributed by atoms with E-state index < -0.39 is 5.97 Å². The van der Waals surface area contributed by atoms with Crippen LogP contribution in [0.4, 0.5) is 0 Å². The number of hydrogen-bond acceptors (Lipinski definition) is 2. The topological polar surface area (TPSA) is 65.1 Å². The Kier molecular flexibility index (Phi) is 2.37. The van der Waals surface area contributed by atoms with Crippen LogP contribution < -0.4 is 5.32 Å². The molecule has 1 aliphatic rings. The van der Waals surface area contributed by atoms with Crippen LogP contribution in [0.25, 0.3) is 10.9 Å². The highest BCUT2D eigenvalue weighted by molar-refractivity contribution is 5.83. The molecule has 1 aromatic heterocycles. The lowest BCUT2D eigenvalue weighted by Gasteiger charge is -2.11. The molecule has 4 nitrogen and oxygen atoms in total. The number of carbonyl (C=O) groups is 1. The van der Waals surface area contributed by atoms with Crippen LogP contribution in [-0.4, -0.2) is 22.6 Å². The van der Waals surface area contributed by atoms with Crippen molar-refractivity contribution in [2.45, 2.75) is 12.5 Å². The van der Waals surface area contributed by atoms with Gasteiger partial charge in [-0.25, -0.2) is 0 Å². The smallest absolute Gasteiger partial charge is 0.307 e. The standard InChI is InChI=1S/C13H14N2O2/c16-13(17)9-6-11(15-7-9)10-3-1-2-8-4-5-14-12(8)10/h1-5,9,11,14-15H,6-7H2,(H,16,17). The monoisotopic (exact) mass is 230 g/mol. The molecule has 2 heterocycles. The van der Waals surface area contributed by atoms with Gasteiger partial charge >= 0.3 is 5.97 Å². The summed E-state index contributed by atoms with van der Waals surface area (Å²) < 4.78 is 0. The molecule has 0 spiro atoms. The number of hydrogen-bond donors (Lipinski definition) is 3. The van der Waals surface area contributed by atoms with Gasteiger partial charge in [-0.05, 0) is 23.4 Å². The van der Waals surface area contributed by atoms with E-state index in [2.05, 4.69) is 22.4 Å². The number of carboxylic acid groups (broad SMARTS) is 1. The molecule has 0 bridgehead atoms. The summed E-state index contributed by atoms with van der Waals surface area (Å²) in [6.45, 7) is 0.553. The maximum atomic E-state index is 10.9. The molecule has 88 valence electrons. The normalized spacial score (nSPS) is 24.2. The van der Waals surface area contributed by atoms with E-state index >= 15 is 0 Å². The molecule has 2 atom stereocenters. The van der Waals surface area contributed by atoms with Gasteiger partial charge in [0.2, 0.25) is 0 Å². The van der Waals surface area contributed by atoms with Gasteiger partial charge in [-0.1, -0.05) is 18.2 Å². The van der Waals surface area contributed by atoms with Gasteiger partial charge < -0.3 is 15.4 Å². The summed E-state index contributed by atoms with van der Waals surface area (Å²) in [6.07, 6.45) is 2.57. The zero-order valence-corrected chi connectivity index (χ0v) is 9.31. The van der Waals surface area contributed by atoms with Crippen molar-refractivity contribution >= 4 is 16.9 Å². The second-order valence-electron chi connectivity index (χ2n) is 4.52. The Balaban J connectivity index is 1.95. The van der Waals surface area contributed by atoms with Crippen molar-refractivity contribution < 1.29 is 9.90 Å². The molecule has 2 aromatic rings. The molecular weight excluding hydrogens is 216 g/mol. The lowest BCUT2D eigenvalue weighted by molar-refractivity contribution is -0.141. The van der Waals surface area contributed by atoms with E-state index in [1.165, 1.54) is 5.39 Å². The molecule has 2 unspecified atom stereocenters. The molecule has 3 N–H and O–H groups in total. The summed E-state index contributed by atoms with van der Waals surface area (Å²) in [5.74, 6) is -0.983. The minimum absolute atomic E-state index is 0.137. The van der Waals surface area contributed by atoms with Crippen molar-refractivity contribution in [3.8, 4) is 0 Å². The van der Waals surface area contributed by atoms with Crippen LogP contribution in [0, 0.1) is 5.92 Å². The maximum Gasteiger partial charge on any atom is 0.307 e. The first-order chi connectivity index (χ1) is 8.25. The SMILES string of the molecule is O=C(O)C1CNC(c2cccc3cc[nH]c23)C1. The Labute approximate surface area is 98.6 Å². The molecule has 0 saturated carbocycles. The predicted molar refractivity (Wildman–Crippen MR) is 64.8 cm³/mol. The minimum Gasteiger partial charge on any atom is -0.481 e. The van der Waals surface area contributed by atoms with Crippen molar-refractivity contribution in [3.05, 3.63) is 36.0 Å². The third kappa shape index (κ3) is 1.70. The third-order valence-electron chi connectivity index (χ3n) is 3.48. The Morgan fingerprint density at radius 3 is 3.00 bits per heavy atom. The predicted octanol–water partition coefficient (Wildman–Crippen LogP) is 1.90. The highest BCUT2D eigenvalue weighted by Gasteiger charge is 2.30. The number of carboxylic acids is 1. The van der Waals surface area contributed by atoms with Crippen LogP contribution >= 0.6 is 0 Å². The molecule has 1 fully saturated rings. The lowest BCUT2D eigenvalue weighted by Crippen LogP contribution is -2.17. The van der Waals surface area contributed by atoms with Crippen LogP contribution in [0.2, 0.25) is 0 Å². The van der Waals surface area contributed by atoms with Crippen molar-refractivity contribution in [2.24, 2.45) is 5.92 Å². The molecule has 4 heteroatoms. The van der Waals surface area contributed by atoms with E-state index in [1.807, 2.05) is 18.3 Å². The molecular formula is C13H14N2O2.